The molecule has 0 aliphatic rings. The maximum absolute atomic E-state index is 13.8. The van der Waals surface area contributed by atoms with Gasteiger partial charge in [-0.25, -0.2) is 19.3 Å². The van der Waals surface area contributed by atoms with Crippen LogP contribution in [0.3, 0.4) is 0 Å². The van der Waals surface area contributed by atoms with Crippen molar-refractivity contribution in [2.45, 2.75) is 6.54 Å². The van der Waals surface area contributed by atoms with Crippen LogP contribution in [-0.2, 0) is 6.54 Å². The molecule has 27 heavy (non-hydrogen) atoms. The van der Waals surface area contributed by atoms with Gasteiger partial charge in [-0.3, -0.25) is 4.99 Å². The van der Waals surface area contributed by atoms with Crippen LogP contribution in [0.5, 0.6) is 0 Å². The lowest BCUT2D eigenvalue weighted by molar-refractivity contribution is 0.547. The van der Waals surface area contributed by atoms with Crippen LogP contribution >= 0.6 is 0 Å². The Balaban J connectivity index is 1.94. The number of oxazole rings is 1. The summed E-state index contributed by atoms with van der Waals surface area (Å²) in [7, 11) is 1.71. The molecular weight excluding hydrogens is 349 g/mol. The Kier molecular flexibility index (Phi) is 5.41. The monoisotopic (exact) mass is 367 g/mol. The largest absolute Gasteiger partial charge is 0.443 e. The number of nitrogens with one attached hydrogen (secondary N) is 1. The number of benzene rings is 1. The number of nitrogens with zero attached hydrogens (tertiary/aromatic N) is 4. The molecule has 3 rings (SSSR count). The Morgan fingerprint density at radius 2 is 2.15 bits per heavy atom. The van der Waals surface area contributed by atoms with E-state index in [-0.39, 0.29) is 35.6 Å². The van der Waals surface area contributed by atoms with Crippen LogP contribution in [0, 0.1) is 5.82 Å². The Hall–Kier alpha value is -3.75. The summed E-state index contributed by atoms with van der Waals surface area (Å²) in [6, 6.07) is 6.38. The molecule has 0 fully saturated rings. The summed E-state index contributed by atoms with van der Waals surface area (Å²) in [6.07, 6.45) is 5.93. The van der Waals surface area contributed by atoms with Crippen LogP contribution < -0.4 is 16.8 Å². The van der Waals surface area contributed by atoms with Gasteiger partial charge in [-0.15, -0.1) is 0 Å². The number of anilines is 2. The number of hydrogen-bond donors (Lipinski definition) is 3. The van der Waals surface area contributed by atoms with E-state index in [9.17, 15) is 4.39 Å². The van der Waals surface area contributed by atoms with E-state index in [1.807, 2.05) is 0 Å². The molecule has 0 aliphatic carbocycles. The smallest absolute Gasteiger partial charge is 0.244 e. The van der Waals surface area contributed by atoms with Crippen molar-refractivity contribution in [3.8, 4) is 0 Å². The quantitative estimate of drug-likeness (QED) is 0.570. The Morgan fingerprint density at radius 3 is 2.81 bits per heavy atom. The fraction of sp³-hybridized carbons (Fsp3) is 0.111. The van der Waals surface area contributed by atoms with Crippen molar-refractivity contribution >= 4 is 22.9 Å². The van der Waals surface area contributed by atoms with Crippen molar-refractivity contribution in [2.24, 2.45) is 10.7 Å². The molecule has 0 aliphatic heterocycles. The molecule has 3 aromatic rings. The van der Waals surface area contributed by atoms with E-state index in [4.69, 9.17) is 15.9 Å². The molecule has 1 aromatic carbocycles. The first kappa shape index (κ1) is 18.1. The SMILES string of the molecule is CNc1cnc(/C(N)=C/C(=NCc2ccccc2F)c2ncco2)nc1N. The predicted octanol–water partition coefficient (Wildman–Crippen LogP) is 2.22. The summed E-state index contributed by atoms with van der Waals surface area (Å²) < 4.78 is 19.1. The maximum Gasteiger partial charge on any atom is 0.244 e. The number of aliphatic imine (C=N–C) groups is 1. The highest BCUT2D eigenvalue weighted by Gasteiger charge is 2.11. The lowest BCUT2D eigenvalue weighted by Gasteiger charge is -2.06. The average molecular weight is 367 g/mol. The molecule has 0 bridgehead atoms. The zero-order valence-corrected chi connectivity index (χ0v) is 14.6. The van der Waals surface area contributed by atoms with Gasteiger partial charge in [0.2, 0.25) is 5.89 Å². The number of nitrogens with two attached hydrogens (primary N) is 2. The third-order valence-electron chi connectivity index (χ3n) is 3.67. The normalized spacial score (nSPS) is 12.2. The van der Waals surface area contributed by atoms with Gasteiger partial charge in [-0.2, -0.15) is 0 Å². The van der Waals surface area contributed by atoms with Gasteiger partial charge in [0, 0.05) is 12.6 Å². The number of hydrogen-bond acceptors (Lipinski definition) is 8. The van der Waals surface area contributed by atoms with Gasteiger partial charge in [0.1, 0.15) is 17.8 Å². The minimum atomic E-state index is -0.344. The van der Waals surface area contributed by atoms with E-state index in [0.717, 1.165) is 0 Å². The highest BCUT2D eigenvalue weighted by atomic mass is 19.1. The summed E-state index contributed by atoms with van der Waals surface area (Å²) in [6.45, 7) is 0.0931. The van der Waals surface area contributed by atoms with Gasteiger partial charge in [0.25, 0.3) is 0 Å². The third-order valence-corrected chi connectivity index (χ3v) is 3.67. The van der Waals surface area contributed by atoms with Gasteiger partial charge in [-0.1, -0.05) is 18.2 Å². The van der Waals surface area contributed by atoms with Crippen molar-refractivity contribution in [2.75, 3.05) is 18.1 Å². The lowest BCUT2D eigenvalue weighted by Crippen LogP contribution is -2.10. The fourth-order valence-corrected chi connectivity index (χ4v) is 2.26. The topological polar surface area (TPSA) is 128 Å². The number of aromatic nitrogens is 3. The minimum Gasteiger partial charge on any atom is -0.443 e. The summed E-state index contributed by atoms with van der Waals surface area (Å²) in [5.41, 5.74) is 13.5. The highest BCUT2D eigenvalue weighted by Crippen LogP contribution is 2.16. The second-order valence-electron chi connectivity index (χ2n) is 5.47. The zero-order valence-electron chi connectivity index (χ0n) is 14.6. The molecule has 2 aromatic heterocycles. The highest BCUT2D eigenvalue weighted by molar-refractivity contribution is 6.08. The molecule has 0 unspecified atom stereocenters. The molecule has 138 valence electrons. The van der Waals surface area contributed by atoms with Crippen molar-refractivity contribution in [3.05, 3.63) is 72.1 Å². The number of allylic oxidation sites excluding steroid dienone is 1. The van der Waals surface area contributed by atoms with Gasteiger partial charge in [0.05, 0.1) is 30.3 Å². The first-order valence-electron chi connectivity index (χ1n) is 8.04. The first-order valence-corrected chi connectivity index (χ1v) is 8.04. The van der Waals surface area contributed by atoms with E-state index < -0.39 is 0 Å². The lowest BCUT2D eigenvalue weighted by atomic mass is 10.2. The van der Waals surface area contributed by atoms with Crippen molar-refractivity contribution < 1.29 is 8.81 Å². The number of halogens is 1. The molecular formula is C18H18FN7O. The van der Waals surface area contributed by atoms with E-state index in [2.05, 4.69) is 25.3 Å². The van der Waals surface area contributed by atoms with Crippen LogP contribution in [0.1, 0.15) is 17.3 Å². The molecule has 0 saturated carbocycles. The summed E-state index contributed by atoms with van der Waals surface area (Å²) >= 11 is 0. The van der Waals surface area contributed by atoms with Gasteiger partial charge in [0.15, 0.2) is 11.6 Å². The predicted molar refractivity (Wildman–Crippen MR) is 101 cm³/mol. The van der Waals surface area contributed by atoms with Crippen molar-refractivity contribution in [3.63, 3.8) is 0 Å². The van der Waals surface area contributed by atoms with Gasteiger partial charge < -0.3 is 21.2 Å². The van der Waals surface area contributed by atoms with E-state index in [0.29, 0.717) is 17.0 Å². The van der Waals surface area contributed by atoms with Gasteiger partial charge in [-0.05, 0) is 12.1 Å². The average Bonchev–Trinajstić information content (AvgIpc) is 3.20. The van der Waals surface area contributed by atoms with Crippen LogP contribution in [0.15, 0.2) is 58.4 Å². The Bertz CT molecular complexity index is 983. The summed E-state index contributed by atoms with van der Waals surface area (Å²) in [4.78, 5) is 16.8. The van der Waals surface area contributed by atoms with E-state index in [1.54, 1.807) is 25.2 Å². The van der Waals surface area contributed by atoms with Crippen LogP contribution in [-0.4, -0.2) is 27.7 Å². The van der Waals surface area contributed by atoms with Crippen molar-refractivity contribution in [1.82, 2.24) is 15.0 Å². The third kappa shape index (κ3) is 4.27. The Morgan fingerprint density at radius 1 is 1.33 bits per heavy atom. The Labute approximate surface area is 154 Å². The standard InChI is InChI=1S/C18H18FN7O/c1-22-15-10-25-17(26-16(15)21)13(20)8-14(18-23-6-7-27-18)24-9-11-4-2-3-5-12(11)19/h2-8,10,22H,9,20H2,1H3,(H2,21,25,26)/b13-8-,24-14?. The second-order valence-corrected chi connectivity index (χ2v) is 5.47. The van der Waals surface area contributed by atoms with Gasteiger partial charge >= 0.3 is 0 Å². The van der Waals surface area contributed by atoms with Crippen LogP contribution in [0.2, 0.25) is 0 Å². The number of nitrogen functional groups attached to an aromatic ring is 1. The molecule has 0 atom stereocenters. The molecule has 5 N–H and O–H groups in total. The fourth-order valence-electron chi connectivity index (χ4n) is 2.26. The first-order chi connectivity index (χ1) is 13.1. The molecule has 9 heteroatoms. The number of rotatable bonds is 6. The molecule has 8 nitrogen and oxygen atoms in total. The molecule has 0 amide bonds. The van der Waals surface area contributed by atoms with E-state index in [1.165, 1.54) is 30.8 Å². The van der Waals surface area contributed by atoms with Crippen molar-refractivity contribution in [1.29, 1.82) is 0 Å². The van der Waals surface area contributed by atoms with E-state index >= 15 is 0 Å². The molecule has 2 heterocycles. The molecule has 0 saturated heterocycles. The zero-order chi connectivity index (χ0) is 19.2. The molecule has 0 radical (unpaired) electrons. The van der Waals surface area contributed by atoms with Crippen LogP contribution in [0.4, 0.5) is 15.9 Å². The van der Waals surface area contributed by atoms with Crippen LogP contribution in [0.25, 0.3) is 5.70 Å². The summed E-state index contributed by atoms with van der Waals surface area (Å²) in [5.74, 6) is 0.397. The minimum absolute atomic E-state index is 0.0931. The molecule has 0 spiro atoms. The maximum atomic E-state index is 13.8. The summed E-state index contributed by atoms with van der Waals surface area (Å²) in [5, 5.41) is 2.87. The second kappa shape index (κ2) is 8.09.